The number of benzene rings is 1. The number of para-hydroxylation sites is 1. The van der Waals surface area contributed by atoms with Gasteiger partial charge in [0.15, 0.2) is 0 Å². The van der Waals surface area contributed by atoms with Crippen molar-refractivity contribution in [2.45, 2.75) is 6.54 Å². The molecule has 0 bridgehead atoms. The molecule has 1 amide bonds. The number of carbonyl (C=O) groups excluding carboxylic acids is 1. The Kier molecular flexibility index (Phi) is 3.94. The van der Waals surface area contributed by atoms with E-state index >= 15 is 0 Å². The van der Waals surface area contributed by atoms with Gasteiger partial charge in [-0.05, 0) is 12.1 Å². The molecule has 2 rings (SSSR count). The van der Waals surface area contributed by atoms with E-state index in [2.05, 4.69) is 10.4 Å². The summed E-state index contributed by atoms with van der Waals surface area (Å²) in [6.45, 7) is -0.140. The normalized spacial score (nSPS) is 10.1. The second-order valence-corrected chi connectivity index (χ2v) is 3.89. The molecule has 0 spiro atoms. The van der Waals surface area contributed by atoms with Crippen molar-refractivity contribution in [3.05, 3.63) is 46.6 Å². The lowest BCUT2D eigenvalue weighted by Crippen LogP contribution is -2.19. The van der Waals surface area contributed by atoms with Gasteiger partial charge >= 0.3 is 11.6 Å². The van der Waals surface area contributed by atoms with E-state index in [0.29, 0.717) is 5.69 Å². The third-order valence-corrected chi connectivity index (χ3v) is 2.46. The van der Waals surface area contributed by atoms with Crippen molar-refractivity contribution in [2.24, 2.45) is 0 Å². The zero-order valence-corrected chi connectivity index (χ0v) is 10.6. The van der Waals surface area contributed by atoms with Crippen LogP contribution in [0.1, 0.15) is 0 Å². The van der Waals surface area contributed by atoms with Gasteiger partial charge in [0.25, 0.3) is 0 Å². The number of nitrogens with one attached hydrogen (secondary N) is 1. The molecule has 0 saturated carbocycles. The summed E-state index contributed by atoms with van der Waals surface area (Å²) in [5, 5.41) is 17.2. The molecule has 8 nitrogen and oxygen atoms in total. The SMILES string of the molecule is COc1nn(CC(=O)Nc2ccccc2)cc1[N+](=O)[O-]. The van der Waals surface area contributed by atoms with E-state index in [9.17, 15) is 14.9 Å². The highest BCUT2D eigenvalue weighted by molar-refractivity contribution is 5.90. The zero-order chi connectivity index (χ0) is 14.5. The largest absolute Gasteiger partial charge is 0.475 e. The number of carbonyl (C=O) groups is 1. The van der Waals surface area contributed by atoms with E-state index in [-0.39, 0.29) is 24.0 Å². The molecular weight excluding hydrogens is 264 g/mol. The lowest BCUT2D eigenvalue weighted by Gasteiger charge is -2.04. The lowest BCUT2D eigenvalue weighted by molar-refractivity contribution is -0.385. The molecule has 2 aromatic rings. The predicted octanol–water partition coefficient (Wildman–Crippen LogP) is 1.44. The van der Waals surface area contributed by atoms with Crippen LogP contribution in [0.25, 0.3) is 0 Å². The van der Waals surface area contributed by atoms with Crippen LogP contribution in [0.5, 0.6) is 5.88 Å². The molecule has 104 valence electrons. The molecule has 0 atom stereocenters. The van der Waals surface area contributed by atoms with Crippen LogP contribution < -0.4 is 10.1 Å². The van der Waals surface area contributed by atoms with Gasteiger partial charge in [-0.2, -0.15) is 0 Å². The number of amides is 1. The smallest absolute Gasteiger partial charge is 0.350 e. The number of hydrogen-bond donors (Lipinski definition) is 1. The van der Waals surface area contributed by atoms with Gasteiger partial charge in [0.2, 0.25) is 5.91 Å². The summed E-state index contributed by atoms with van der Waals surface area (Å²) in [5.41, 5.74) is 0.367. The van der Waals surface area contributed by atoms with Crippen LogP contribution in [0.3, 0.4) is 0 Å². The van der Waals surface area contributed by atoms with Crippen molar-refractivity contribution in [1.29, 1.82) is 0 Å². The molecule has 0 unspecified atom stereocenters. The maximum Gasteiger partial charge on any atom is 0.350 e. The summed E-state index contributed by atoms with van der Waals surface area (Å²) >= 11 is 0. The van der Waals surface area contributed by atoms with Crippen LogP contribution in [-0.2, 0) is 11.3 Å². The second kappa shape index (κ2) is 5.83. The summed E-state index contributed by atoms with van der Waals surface area (Å²) < 4.78 is 5.94. The van der Waals surface area contributed by atoms with E-state index in [1.807, 2.05) is 6.07 Å². The highest BCUT2D eigenvalue weighted by Gasteiger charge is 2.21. The molecular formula is C12H12N4O4. The number of nitrogens with zero attached hydrogens (tertiary/aromatic N) is 3. The molecule has 0 fully saturated rings. The van der Waals surface area contributed by atoms with Gasteiger partial charge in [-0.3, -0.25) is 19.6 Å². The third-order valence-electron chi connectivity index (χ3n) is 2.46. The number of aromatic nitrogens is 2. The lowest BCUT2D eigenvalue weighted by atomic mass is 10.3. The van der Waals surface area contributed by atoms with Crippen molar-refractivity contribution in [2.75, 3.05) is 12.4 Å². The molecule has 1 aromatic carbocycles. The van der Waals surface area contributed by atoms with Gasteiger partial charge in [-0.15, -0.1) is 5.10 Å². The fourth-order valence-corrected chi connectivity index (χ4v) is 1.61. The Labute approximate surface area is 114 Å². The molecule has 0 aliphatic rings. The first kappa shape index (κ1) is 13.5. The van der Waals surface area contributed by atoms with Gasteiger partial charge in [0, 0.05) is 5.69 Å². The second-order valence-electron chi connectivity index (χ2n) is 3.89. The van der Waals surface area contributed by atoms with Crippen LogP contribution in [0.2, 0.25) is 0 Å². The van der Waals surface area contributed by atoms with Gasteiger partial charge in [-0.25, -0.2) is 0 Å². The van der Waals surface area contributed by atoms with Crippen molar-refractivity contribution in [3.63, 3.8) is 0 Å². The number of rotatable bonds is 5. The first-order chi connectivity index (χ1) is 9.60. The van der Waals surface area contributed by atoms with Crippen LogP contribution in [0.4, 0.5) is 11.4 Å². The summed E-state index contributed by atoms with van der Waals surface area (Å²) in [7, 11) is 1.28. The van der Waals surface area contributed by atoms with Gasteiger partial charge in [-0.1, -0.05) is 18.2 Å². The van der Waals surface area contributed by atoms with Crippen molar-refractivity contribution in [3.8, 4) is 5.88 Å². The van der Waals surface area contributed by atoms with Crippen LogP contribution in [-0.4, -0.2) is 27.7 Å². The quantitative estimate of drug-likeness (QED) is 0.658. The van der Waals surface area contributed by atoms with E-state index in [1.54, 1.807) is 24.3 Å². The maximum absolute atomic E-state index is 11.8. The van der Waals surface area contributed by atoms with Crippen molar-refractivity contribution >= 4 is 17.3 Å². The molecule has 0 aliphatic heterocycles. The van der Waals surface area contributed by atoms with Crippen molar-refractivity contribution in [1.82, 2.24) is 9.78 Å². The van der Waals surface area contributed by atoms with Gasteiger partial charge in [0.05, 0.1) is 12.0 Å². The topological polar surface area (TPSA) is 99.3 Å². The fourth-order valence-electron chi connectivity index (χ4n) is 1.61. The minimum atomic E-state index is -0.614. The molecule has 8 heteroatoms. The molecule has 0 aliphatic carbocycles. The molecule has 20 heavy (non-hydrogen) atoms. The van der Waals surface area contributed by atoms with E-state index in [1.165, 1.54) is 7.11 Å². The average molecular weight is 276 g/mol. The Bertz CT molecular complexity index is 624. The summed E-state index contributed by atoms with van der Waals surface area (Å²) in [5.74, 6) is -0.459. The number of ether oxygens (including phenoxy) is 1. The number of methoxy groups -OCH3 is 1. The third kappa shape index (κ3) is 3.10. The van der Waals surface area contributed by atoms with E-state index < -0.39 is 4.92 Å². The van der Waals surface area contributed by atoms with Crippen LogP contribution in [0.15, 0.2) is 36.5 Å². The molecule has 1 N–H and O–H groups in total. The Balaban J connectivity index is 2.06. The first-order valence-electron chi connectivity index (χ1n) is 5.71. The number of hydrogen-bond acceptors (Lipinski definition) is 5. The highest BCUT2D eigenvalue weighted by atomic mass is 16.6. The maximum atomic E-state index is 11.8. The summed E-state index contributed by atoms with van der Waals surface area (Å²) in [4.78, 5) is 21.9. The Morgan fingerprint density at radius 2 is 2.15 bits per heavy atom. The van der Waals surface area contributed by atoms with Crippen LogP contribution >= 0.6 is 0 Å². The summed E-state index contributed by atoms with van der Waals surface area (Å²) in [6.07, 6.45) is 1.16. The monoisotopic (exact) mass is 276 g/mol. The van der Waals surface area contributed by atoms with E-state index in [4.69, 9.17) is 4.74 Å². The minimum Gasteiger partial charge on any atom is -0.475 e. The Hall–Kier alpha value is -2.90. The molecule has 1 aromatic heterocycles. The van der Waals surface area contributed by atoms with Crippen LogP contribution in [0, 0.1) is 10.1 Å². The molecule has 0 radical (unpaired) electrons. The predicted molar refractivity (Wildman–Crippen MR) is 70.5 cm³/mol. The fraction of sp³-hybridized carbons (Fsp3) is 0.167. The Morgan fingerprint density at radius 3 is 2.70 bits per heavy atom. The number of nitro groups is 1. The van der Waals surface area contributed by atoms with Gasteiger partial charge < -0.3 is 10.1 Å². The first-order valence-corrected chi connectivity index (χ1v) is 5.71. The minimum absolute atomic E-state index is 0.123. The van der Waals surface area contributed by atoms with Gasteiger partial charge in [0.1, 0.15) is 12.7 Å². The average Bonchev–Trinajstić information content (AvgIpc) is 2.83. The highest BCUT2D eigenvalue weighted by Crippen LogP contribution is 2.23. The number of anilines is 1. The van der Waals surface area contributed by atoms with Crippen molar-refractivity contribution < 1.29 is 14.5 Å². The molecule has 0 saturated heterocycles. The molecule has 1 heterocycles. The zero-order valence-electron chi connectivity index (χ0n) is 10.6. The summed E-state index contributed by atoms with van der Waals surface area (Å²) in [6, 6.07) is 8.89. The van der Waals surface area contributed by atoms with E-state index in [0.717, 1.165) is 10.9 Å². The Morgan fingerprint density at radius 1 is 1.45 bits per heavy atom. The standard InChI is InChI=1S/C12H12N4O4/c1-20-12-10(16(18)19)7-15(14-12)8-11(17)13-9-5-3-2-4-6-9/h2-7H,8H2,1H3,(H,13,17).